The smallest absolute Gasteiger partial charge is 0.339 e. The van der Waals surface area contributed by atoms with Crippen LogP contribution in [0.25, 0.3) is 0 Å². The van der Waals surface area contributed by atoms with Crippen molar-refractivity contribution in [1.29, 1.82) is 0 Å². The number of carbonyl (C=O) groups excluding carboxylic acids is 1. The molecule has 0 aliphatic heterocycles. The summed E-state index contributed by atoms with van der Waals surface area (Å²) in [6.45, 7) is -0.352. The summed E-state index contributed by atoms with van der Waals surface area (Å²) in [6, 6.07) is 6.07. The lowest BCUT2D eigenvalue weighted by atomic mass is 10.2. The molecule has 7 nitrogen and oxygen atoms in total. The normalized spacial score (nSPS) is 9.95. The van der Waals surface area contributed by atoms with E-state index in [1.165, 1.54) is 24.5 Å². The Balaban J connectivity index is 2.01. The third-order valence-corrected chi connectivity index (χ3v) is 2.84. The fourth-order valence-corrected chi connectivity index (χ4v) is 1.80. The van der Waals surface area contributed by atoms with Crippen molar-refractivity contribution in [1.82, 2.24) is 9.97 Å². The van der Waals surface area contributed by atoms with Crippen LogP contribution in [0.4, 0.5) is 5.95 Å². The largest absolute Gasteiger partial charge is 0.483 e. The molecule has 108 valence electrons. The van der Waals surface area contributed by atoms with Crippen LogP contribution in [0.3, 0.4) is 0 Å². The van der Waals surface area contributed by atoms with Crippen LogP contribution < -0.4 is 10.1 Å². The van der Waals surface area contributed by atoms with Crippen LogP contribution in [0.1, 0.15) is 10.4 Å². The van der Waals surface area contributed by atoms with Crippen LogP contribution in [-0.2, 0) is 4.79 Å². The Labute approximate surface area is 128 Å². The number of amides is 1. The highest BCUT2D eigenvalue weighted by molar-refractivity contribution is 9.10. The van der Waals surface area contributed by atoms with Crippen molar-refractivity contribution in [3.8, 4) is 5.75 Å². The van der Waals surface area contributed by atoms with Crippen LogP contribution in [-0.4, -0.2) is 33.6 Å². The molecule has 2 aromatic rings. The summed E-state index contributed by atoms with van der Waals surface area (Å²) in [5.41, 5.74) is -0.0260. The van der Waals surface area contributed by atoms with Gasteiger partial charge in [0, 0.05) is 16.9 Å². The molecule has 0 aliphatic rings. The quantitative estimate of drug-likeness (QED) is 0.853. The van der Waals surface area contributed by atoms with E-state index in [0.717, 1.165) is 0 Å². The molecule has 0 unspecified atom stereocenters. The summed E-state index contributed by atoms with van der Waals surface area (Å²) in [5, 5.41) is 11.5. The van der Waals surface area contributed by atoms with Gasteiger partial charge in [-0.2, -0.15) is 0 Å². The summed E-state index contributed by atoms with van der Waals surface area (Å²) in [6.07, 6.45) is 2.97. The number of ether oxygens (including phenoxy) is 1. The maximum absolute atomic E-state index is 11.7. The highest BCUT2D eigenvalue weighted by Crippen LogP contribution is 2.23. The third-order valence-electron chi connectivity index (χ3n) is 2.35. The van der Waals surface area contributed by atoms with Gasteiger partial charge in [0.25, 0.3) is 5.91 Å². The fraction of sp³-hybridized carbons (Fsp3) is 0.0769. The lowest BCUT2D eigenvalue weighted by Crippen LogP contribution is -2.22. The predicted octanol–water partition coefficient (Wildman–Crippen LogP) is 1.95. The Kier molecular flexibility index (Phi) is 4.83. The Bertz CT molecular complexity index is 664. The van der Waals surface area contributed by atoms with Crippen LogP contribution in [0, 0.1) is 0 Å². The second-order valence-electron chi connectivity index (χ2n) is 3.85. The van der Waals surface area contributed by atoms with E-state index in [1.54, 1.807) is 12.1 Å². The lowest BCUT2D eigenvalue weighted by Gasteiger charge is -2.09. The highest BCUT2D eigenvalue weighted by atomic mass is 79.9. The SMILES string of the molecule is O=C(COc1cc(Br)ccc1C(=O)O)Nc1ncccn1. The first-order valence-electron chi connectivity index (χ1n) is 5.79. The molecule has 0 fully saturated rings. The molecule has 0 saturated heterocycles. The van der Waals surface area contributed by atoms with E-state index >= 15 is 0 Å². The number of rotatable bonds is 5. The second kappa shape index (κ2) is 6.80. The van der Waals surface area contributed by atoms with Crippen molar-refractivity contribution >= 4 is 33.8 Å². The van der Waals surface area contributed by atoms with Crippen LogP contribution in [0.5, 0.6) is 5.75 Å². The fourth-order valence-electron chi connectivity index (χ4n) is 1.46. The molecule has 21 heavy (non-hydrogen) atoms. The van der Waals surface area contributed by atoms with Gasteiger partial charge < -0.3 is 9.84 Å². The summed E-state index contributed by atoms with van der Waals surface area (Å²) in [4.78, 5) is 30.4. The van der Waals surface area contributed by atoms with Gasteiger partial charge in [-0.05, 0) is 24.3 Å². The van der Waals surface area contributed by atoms with Gasteiger partial charge in [0.1, 0.15) is 11.3 Å². The number of nitrogens with zero attached hydrogens (tertiary/aromatic N) is 2. The number of hydrogen-bond acceptors (Lipinski definition) is 5. The van der Waals surface area contributed by atoms with Crippen LogP contribution in [0.2, 0.25) is 0 Å². The topological polar surface area (TPSA) is 101 Å². The molecule has 1 aromatic heterocycles. The number of hydrogen-bond donors (Lipinski definition) is 2. The summed E-state index contributed by atoms with van der Waals surface area (Å²) in [5.74, 6) is -1.37. The van der Waals surface area contributed by atoms with Gasteiger partial charge in [0.15, 0.2) is 6.61 Å². The molecule has 0 saturated carbocycles. The van der Waals surface area contributed by atoms with E-state index in [4.69, 9.17) is 9.84 Å². The highest BCUT2D eigenvalue weighted by Gasteiger charge is 2.13. The van der Waals surface area contributed by atoms with Crippen molar-refractivity contribution in [2.24, 2.45) is 0 Å². The van der Waals surface area contributed by atoms with Crippen molar-refractivity contribution in [3.05, 3.63) is 46.7 Å². The molecule has 1 amide bonds. The minimum atomic E-state index is -1.13. The van der Waals surface area contributed by atoms with Crippen molar-refractivity contribution in [3.63, 3.8) is 0 Å². The molecular weight excluding hydrogens is 342 g/mol. The van der Waals surface area contributed by atoms with Crippen LogP contribution >= 0.6 is 15.9 Å². The second-order valence-corrected chi connectivity index (χ2v) is 4.77. The number of carboxylic acid groups (broad SMARTS) is 1. The molecule has 2 N–H and O–H groups in total. The number of nitrogens with one attached hydrogen (secondary N) is 1. The zero-order valence-electron chi connectivity index (χ0n) is 10.6. The molecule has 0 radical (unpaired) electrons. The standard InChI is InChI=1S/C13H10BrN3O4/c14-8-2-3-9(12(19)20)10(6-8)21-7-11(18)17-13-15-4-1-5-16-13/h1-6H,7H2,(H,19,20)(H,15,16,17,18). The van der Waals surface area contributed by atoms with E-state index in [1.807, 2.05) is 0 Å². The van der Waals surface area contributed by atoms with Crippen molar-refractivity contribution in [2.45, 2.75) is 0 Å². The van der Waals surface area contributed by atoms with Crippen molar-refractivity contribution < 1.29 is 19.4 Å². The average Bonchev–Trinajstić information content (AvgIpc) is 2.46. The lowest BCUT2D eigenvalue weighted by molar-refractivity contribution is -0.118. The van der Waals surface area contributed by atoms with E-state index in [9.17, 15) is 9.59 Å². The molecule has 0 spiro atoms. The number of carbonyl (C=O) groups is 2. The first kappa shape index (κ1) is 14.9. The minimum Gasteiger partial charge on any atom is -0.483 e. The van der Waals surface area contributed by atoms with Gasteiger partial charge >= 0.3 is 5.97 Å². The average molecular weight is 352 g/mol. The molecule has 1 heterocycles. The molecule has 2 rings (SSSR count). The number of anilines is 1. The van der Waals surface area contributed by atoms with E-state index in [2.05, 4.69) is 31.2 Å². The molecule has 0 bridgehead atoms. The summed E-state index contributed by atoms with van der Waals surface area (Å²) >= 11 is 3.21. The number of carboxylic acids is 1. The predicted molar refractivity (Wildman–Crippen MR) is 77.3 cm³/mol. The third kappa shape index (κ3) is 4.25. The van der Waals surface area contributed by atoms with Crippen molar-refractivity contribution in [2.75, 3.05) is 11.9 Å². The number of benzene rings is 1. The molecule has 0 atom stereocenters. The molecule has 1 aromatic carbocycles. The monoisotopic (exact) mass is 351 g/mol. The Morgan fingerprint density at radius 1 is 1.29 bits per heavy atom. The van der Waals surface area contributed by atoms with Gasteiger partial charge in [-0.3, -0.25) is 10.1 Å². The Morgan fingerprint density at radius 2 is 2.00 bits per heavy atom. The van der Waals surface area contributed by atoms with E-state index in [0.29, 0.717) is 4.47 Å². The zero-order valence-corrected chi connectivity index (χ0v) is 12.2. The number of halogens is 1. The summed E-state index contributed by atoms with van der Waals surface area (Å²) in [7, 11) is 0. The van der Waals surface area contributed by atoms with Gasteiger partial charge in [-0.25, -0.2) is 14.8 Å². The maximum atomic E-state index is 11.7. The van der Waals surface area contributed by atoms with Gasteiger partial charge in [0.2, 0.25) is 5.95 Å². The molecular formula is C13H10BrN3O4. The number of aromatic carboxylic acids is 1. The maximum Gasteiger partial charge on any atom is 0.339 e. The molecule has 8 heteroatoms. The molecule has 0 aliphatic carbocycles. The van der Waals surface area contributed by atoms with Gasteiger partial charge in [-0.1, -0.05) is 15.9 Å². The van der Waals surface area contributed by atoms with E-state index < -0.39 is 11.9 Å². The Hall–Kier alpha value is -2.48. The van der Waals surface area contributed by atoms with E-state index in [-0.39, 0.29) is 23.9 Å². The first-order valence-corrected chi connectivity index (χ1v) is 6.58. The van der Waals surface area contributed by atoms with Gasteiger partial charge in [-0.15, -0.1) is 0 Å². The van der Waals surface area contributed by atoms with Gasteiger partial charge in [0.05, 0.1) is 0 Å². The minimum absolute atomic E-state index is 0.0260. The Morgan fingerprint density at radius 3 is 2.67 bits per heavy atom. The number of aromatic nitrogens is 2. The van der Waals surface area contributed by atoms with Crippen LogP contribution in [0.15, 0.2) is 41.1 Å². The first-order chi connectivity index (χ1) is 10.1. The summed E-state index contributed by atoms with van der Waals surface area (Å²) < 4.78 is 5.88. The zero-order chi connectivity index (χ0) is 15.2.